The molecule has 7 nitrogen and oxygen atoms in total. The molecule has 0 saturated carbocycles. The zero-order valence-electron chi connectivity index (χ0n) is 17.8. The second-order valence-corrected chi connectivity index (χ2v) is 9.89. The molecule has 0 aliphatic carbocycles. The second kappa shape index (κ2) is 10.3. The van der Waals surface area contributed by atoms with Gasteiger partial charge in [-0.05, 0) is 51.9 Å². The third-order valence-electron chi connectivity index (χ3n) is 4.02. The van der Waals surface area contributed by atoms with Crippen molar-refractivity contribution in [1.82, 2.24) is 4.90 Å². The summed E-state index contributed by atoms with van der Waals surface area (Å²) in [6.45, 7) is 10.4. The third-order valence-corrected chi connectivity index (χ3v) is 6.32. The number of hydrogen-bond acceptors (Lipinski definition) is 7. The number of carbonyl (C=O) groups excluding carboxylic acids is 3. The summed E-state index contributed by atoms with van der Waals surface area (Å²) in [7, 11) is 0. The Balaban J connectivity index is 2.22. The van der Waals surface area contributed by atoms with Crippen LogP contribution in [0, 0.1) is 0 Å². The van der Waals surface area contributed by atoms with E-state index >= 15 is 0 Å². The maximum Gasteiger partial charge on any atom is 0.410 e. The minimum absolute atomic E-state index is 0.142. The third kappa shape index (κ3) is 6.64. The Bertz CT molecular complexity index is 755. The van der Waals surface area contributed by atoms with E-state index in [4.69, 9.17) is 9.47 Å². The van der Waals surface area contributed by atoms with E-state index in [9.17, 15) is 14.4 Å². The van der Waals surface area contributed by atoms with Crippen LogP contribution in [0.15, 0.2) is 0 Å². The monoisotopic (exact) mass is 442 g/mol. The molecule has 0 bridgehead atoms. The largest absolute Gasteiger partial charge is 0.462 e. The van der Waals surface area contributed by atoms with Crippen LogP contribution in [0.25, 0.3) is 0 Å². The van der Waals surface area contributed by atoms with Crippen molar-refractivity contribution in [2.24, 2.45) is 0 Å². The minimum atomic E-state index is -0.571. The Kier molecular flexibility index (Phi) is 8.39. The van der Waals surface area contributed by atoms with Crippen LogP contribution in [0.4, 0.5) is 9.80 Å². The Hall–Kier alpha value is -1.74. The molecule has 1 aliphatic rings. The van der Waals surface area contributed by atoms with Crippen molar-refractivity contribution >= 4 is 46.1 Å². The summed E-state index contributed by atoms with van der Waals surface area (Å²) in [5, 5.41) is 3.37. The van der Waals surface area contributed by atoms with Gasteiger partial charge in [0.15, 0.2) is 0 Å². The molecule has 1 N–H and O–H groups in total. The maximum absolute atomic E-state index is 12.6. The van der Waals surface area contributed by atoms with Crippen LogP contribution in [-0.2, 0) is 27.2 Å². The molecule has 1 aromatic heterocycles. The van der Waals surface area contributed by atoms with E-state index in [0.29, 0.717) is 35.8 Å². The van der Waals surface area contributed by atoms with Crippen LogP contribution in [0.2, 0.25) is 0 Å². The fourth-order valence-corrected chi connectivity index (χ4v) is 4.82. The van der Waals surface area contributed by atoms with Crippen molar-refractivity contribution in [3.05, 3.63) is 16.0 Å². The summed E-state index contributed by atoms with van der Waals surface area (Å²) in [6, 6.07) is 0. The predicted octanol–water partition coefficient (Wildman–Crippen LogP) is 4.30. The number of rotatable bonds is 7. The smallest absolute Gasteiger partial charge is 0.410 e. The molecule has 2 heterocycles. The number of hydrogen-bond donors (Lipinski definition) is 1. The van der Waals surface area contributed by atoms with Crippen LogP contribution in [0.1, 0.15) is 61.8 Å². The highest BCUT2D eigenvalue weighted by atomic mass is 32.2. The van der Waals surface area contributed by atoms with Crippen molar-refractivity contribution in [2.75, 3.05) is 30.0 Å². The standard InChI is InChI=1S/C20H30N2O5S2/c1-6-10-28-12-15(23)21-17-16(18(24)26-7-2)13-8-9-22(11-14(13)29-17)19(25)27-20(3,4)5/h6-12H2,1-5H3,(H,21,23). The molecule has 2 amide bonds. The van der Waals surface area contributed by atoms with E-state index in [0.717, 1.165) is 22.6 Å². The number of nitrogens with zero attached hydrogens (tertiary/aromatic N) is 1. The van der Waals surface area contributed by atoms with Crippen LogP contribution >= 0.6 is 23.1 Å². The summed E-state index contributed by atoms with van der Waals surface area (Å²) >= 11 is 2.89. The number of thiophene rings is 1. The highest BCUT2D eigenvalue weighted by Gasteiger charge is 2.32. The van der Waals surface area contributed by atoms with Crippen LogP contribution in [0.5, 0.6) is 0 Å². The fraction of sp³-hybridized carbons (Fsp3) is 0.650. The van der Waals surface area contributed by atoms with Crippen molar-refractivity contribution in [3.8, 4) is 0 Å². The van der Waals surface area contributed by atoms with E-state index in [-0.39, 0.29) is 18.6 Å². The Labute approximate surface area is 180 Å². The van der Waals surface area contributed by atoms with Gasteiger partial charge in [-0.2, -0.15) is 11.8 Å². The SMILES string of the molecule is CCCSCC(=O)Nc1sc2c(c1C(=O)OCC)CCN(C(=O)OC(C)(C)C)C2. The molecule has 1 aliphatic heterocycles. The zero-order valence-corrected chi connectivity index (χ0v) is 19.4. The normalized spacial score (nSPS) is 13.6. The summed E-state index contributed by atoms with van der Waals surface area (Å²) in [5.74, 6) is 0.663. The number of fused-ring (bicyclic) bond motifs is 1. The van der Waals surface area contributed by atoms with Gasteiger partial charge in [0.25, 0.3) is 0 Å². The molecular formula is C20H30N2O5S2. The van der Waals surface area contributed by atoms with E-state index in [2.05, 4.69) is 12.2 Å². The lowest BCUT2D eigenvalue weighted by molar-refractivity contribution is -0.113. The molecule has 0 spiro atoms. The van der Waals surface area contributed by atoms with E-state index < -0.39 is 11.6 Å². The number of esters is 1. The average molecular weight is 443 g/mol. The molecule has 2 rings (SSSR count). The molecule has 0 fully saturated rings. The fourth-order valence-electron chi connectivity index (χ4n) is 2.86. The van der Waals surface area contributed by atoms with Crippen molar-refractivity contribution in [2.45, 2.75) is 59.6 Å². The molecule has 0 aromatic carbocycles. The summed E-state index contributed by atoms with van der Waals surface area (Å²) in [5.41, 5.74) is 0.701. The minimum Gasteiger partial charge on any atom is -0.462 e. The van der Waals surface area contributed by atoms with Gasteiger partial charge in [-0.1, -0.05) is 6.92 Å². The van der Waals surface area contributed by atoms with Gasteiger partial charge in [-0.25, -0.2) is 9.59 Å². The van der Waals surface area contributed by atoms with Gasteiger partial charge >= 0.3 is 12.1 Å². The summed E-state index contributed by atoms with van der Waals surface area (Å²) in [4.78, 5) is 39.8. The maximum atomic E-state index is 12.6. The van der Waals surface area contributed by atoms with Gasteiger partial charge in [0.1, 0.15) is 10.6 Å². The zero-order chi connectivity index (χ0) is 21.6. The molecule has 1 aromatic rings. The van der Waals surface area contributed by atoms with E-state index in [1.54, 1.807) is 23.6 Å². The summed E-state index contributed by atoms with van der Waals surface area (Å²) in [6.07, 6.45) is 1.13. The first-order valence-corrected chi connectivity index (χ1v) is 11.8. The van der Waals surface area contributed by atoms with Gasteiger partial charge in [0, 0.05) is 11.4 Å². The molecule has 0 saturated heterocycles. The number of anilines is 1. The number of carbonyl (C=O) groups is 3. The molecule has 29 heavy (non-hydrogen) atoms. The van der Waals surface area contributed by atoms with Crippen LogP contribution in [0.3, 0.4) is 0 Å². The molecule has 0 atom stereocenters. The van der Waals surface area contributed by atoms with Crippen molar-refractivity contribution < 1.29 is 23.9 Å². The molecule has 0 radical (unpaired) electrons. The van der Waals surface area contributed by atoms with Gasteiger partial charge < -0.3 is 19.7 Å². The highest BCUT2D eigenvalue weighted by molar-refractivity contribution is 7.99. The lowest BCUT2D eigenvalue weighted by atomic mass is 10.0. The van der Waals surface area contributed by atoms with Gasteiger partial charge in [-0.3, -0.25) is 4.79 Å². The number of ether oxygens (including phenoxy) is 2. The lowest BCUT2D eigenvalue weighted by Gasteiger charge is -2.30. The molecule has 162 valence electrons. The second-order valence-electron chi connectivity index (χ2n) is 7.68. The van der Waals surface area contributed by atoms with Gasteiger partial charge in [0.05, 0.1) is 24.5 Å². The Morgan fingerprint density at radius 1 is 1.24 bits per heavy atom. The molecule has 9 heteroatoms. The molecular weight excluding hydrogens is 412 g/mol. The predicted molar refractivity (Wildman–Crippen MR) is 117 cm³/mol. The lowest BCUT2D eigenvalue weighted by Crippen LogP contribution is -2.39. The first-order chi connectivity index (χ1) is 13.7. The van der Waals surface area contributed by atoms with Crippen molar-refractivity contribution in [3.63, 3.8) is 0 Å². The van der Waals surface area contributed by atoms with Crippen LogP contribution < -0.4 is 5.32 Å². The Morgan fingerprint density at radius 3 is 2.59 bits per heavy atom. The van der Waals surface area contributed by atoms with Gasteiger partial charge in [-0.15, -0.1) is 11.3 Å². The van der Waals surface area contributed by atoms with E-state index in [1.165, 1.54) is 11.3 Å². The topological polar surface area (TPSA) is 84.9 Å². The number of nitrogens with one attached hydrogen (secondary N) is 1. The number of thioether (sulfide) groups is 1. The first kappa shape index (κ1) is 23.5. The molecule has 0 unspecified atom stereocenters. The van der Waals surface area contributed by atoms with Crippen LogP contribution in [-0.4, -0.2) is 53.1 Å². The quantitative estimate of drug-likeness (QED) is 0.501. The van der Waals surface area contributed by atoms with Gasteiger partial charge in [0.2, 0.25) is 5.91 Å². The highest BCUT2D eigenvalue weighted by Crippen LogP contribution is 2.38. The summed E-state index contributed by atoms with van der Waals surface area (Å²) < 4.78 is 10.7. The first-order valence-electron chi connectivity index (χ1n) is 9.83. The Morgan fingerprint density at radius 2 is 1.97 bits per heavy atom. The van der Waals surface area contributed by atoms with Crippen molar-refractivity contribution in [1.29, 1.82) is 0 Å². The average Bonchev–Trinajstić information content (AvgIpc) is 2.97. The number of amides is 2. The van der Waals surface area contributed by atoms with E-state index in [1.807, 2.05) is 20.8 Å².